The Morgan fingerprint density at radius 3 is 1.33 bits per heavy atom. The number of ether oxygens (including phenoxy) is 4. The van der Waals surface area contributed by atoms with Crippen molar-refractivity contribution in [3.05, 3.63) is 85.1 Å². The Labute approximate surface area is 391 Å². The number of unbranched alkanes of at least 4 members (excludes halogenated alkanes) is 16. The van der Waals surface area contributed by atoms with E-state index in [0.717, 1.165) is 89.9 Å². The van der Waals surface area contributed by atoms with Crippen LogP contribution in [-0.2, 0) is 33.3 Å². The summed E-state index contributed by atoms with van der Waals surface area (Å²) in [6.45, 7) is 4.71. The largest absolute Gasteiger partial charge is 0.477 e. The predicted octanol–water partition coefficient (Wildman–Crippen LogP) is 14.1. The number of carboxylic acids is 1. The second kappa shape index (κ2) is 46.0. The lowest BCUT2D eigenvalue weighted by atomic mass is 10.1. The Bertz CT molecular complexity index is 1320. The van der Waals surface area contributed by atoms with E-state index in [4.69, 9.17) is 18.9 Å². The van der Waals surface area contributed by atoms with Crippen molar-refractivity contribution in [3.8, 4) is 0 Å². The van der Waals surface area contributed by atoms with Crippen molar-refractivity contribution in [2.75, 3.05) is 47.5 Å². The van der Waals surface area contributed by atoms with Gasteiger partial charge >= 0.3 is 17.9 Å². The highest BCUT2D eigenvalue weighted by atomic mass is 16.7. The van der Waals surface area contributed by atoms with E-state index in [1.54, 1.807) is 0 Å². The lowest BCUT2D eigenvalue weighted by Crippen LogP contribution is -2.40. The van der Waals surface area contributed by atoms with Crippen LogP contribution in [0, 0.1) is 0 Å². The van der Waals surface area contributed by atoms with Gasteiger partial charge in [0.1, 0.15) is 13.2 Å². The van der Waals surface area contributed by atoms with Gasteiger partial charge in [-0.25, -0.2) is 4.79 Å². The molecule has 0 amide bonds. The molecule has 9 heteroatoms. The van der Waals surface area contributed by atoms with Crippen LogP contribution in [0.5, 0.6) is 0 Å². The molecular weight excluding hydrogens is 803 g/mol. The summed E-state index contributed by atoms with van der Waals surface area (Å²) in [5.74, 6) is -2.03. The first kappa shape index (κ1) is 60.5. The van der Waals surface area contributed by atoms with E-state index in [1.165, 1.54) is 64.2 Å². The van der Waals surface area contributed by atoms with E-state index in [9.17, 15) is 19.5 Å². The molecule has 0 aromatic rings. The van der Waals surface area contributed by atoms with Gasteiger partial charge in [0.25, 0.3) is 6.29 Å². The smallest absolute Gasteiger partial charge is 0.361 e. The zero-order valence-corrected chi connectivity index (χ0v) is 41.4. The molecule has 0 heterocycles. The molecule has 0 aliphatic carbocycles. The standard InChI is InChI=1S/C55H93NO8/c1-6-8-10-12-14-16-18-19-20-21-22-23-24-25-26-27-28-29-30-31-32-33-34-35-36-38-40-42-44-46-53(58)64-51(50-63-55(54(59)60)61-48-47-56(3,4)5)49-62-52(57)45-43-41-39-37-17-15-13-11-9-7-2/h8,10,14,16,19-20,22-23,25-26,28-29,31-32,51,55H,6-7,9,11-13,15,17-18,21,24,27,30,33-50H2,1-5H3/p+1/b10-8-,16-14-,20-19-,23-22-,26-25-,29-28-,32-31-. The molecular formula is C55H94NO8+. The number of aliphatic carboxylic acids is 1. The lowest BCUT2D eigenvalue weighted by Gasteiger charge is -2.25. The van der Waals surface area contributed by atoms with E-state index in [2.05, 4.69) is 98.9 Å². The summed E-state index contributed by atoms with van der Waals surface area (Å²) in [5, 5.41) is 9.64. The molecule has 0 fully saturated rings. The Morgan fingerprint density at radius 1 is 0.484 bits per heavy atom. The number of allylic oxidation sites excluding steroid dienone is 14. The SMILES string of the molecule is CC/C=C\C/C=C\C/C=C\C/C=C\C/C=C\C/C=C\C/C=C\CCCCCCCCCC(=O)OC(COC(=O)CCCCCCCCCCCC)COC(OCC[N+](C)(C)C)C(=O)O. The third-order valence-electron chi connectivity index (χ3n) is 10.4. The molecule has 0 aliphatic rings. The number of nitrogens with zero attached hydrogens (tertiary/aromatic N) is 1. The van der Waals surface area contributed by atoms with Gasteiger partial charge in [0.05, 0.1) is 34.4 Å². The summed E-state index contributed by atoms with van der Waals surface area (Å²) in [5.41, 5.74) is 0. The van der Waals surface area contributed by atoms with Crippen molar-refractivity contribution in [1.29, 1.82) is 0 Å². The average Bonchev–Trinajstić information content (AvgIpc) is 3.26. The lowest BCUT2D eigenvalue weighted by molar-refractivity contribution is -0.870. The van der Waals surface area contributed by atoms with Crippen LogP contribution in [0.4, 0.5) is 0 Å². The summed E-state index contributed by atoms with van der Waals surface area (Å²) in [6, 6.07) is 0. The van der Waals surface area contributed by atoms with E-state index < -0.39 is 24.3 Å². The zero-order valence-electron chi connectivity index (χ0n) is 41.4. The van der Waals surface area contributed by atoms with Crippen LogP contribution < -0.4 is 0 Å². The Balaban J connectivity index is 4.28. The third-order valence-corrected chi connectivity index (χ3v) is 10.4. The Hall–Kier alpha value is -3.53. The number of hydrogen-bond donors (Lipinski definition) is 1. The van der Waals surface area contributed by atoms with Gasteiger partial charge in [-0.2, -0.15) is 0 Å². The fourth-order valence-corrected chi connectivity index (χ4v) is 6.52. The normalized spacial score (nSPS) is 13.6. The molecule has 0 radical (unpaired) electrons. The fraction of sp³-hybridized carbons (Fsp3) is 0.691. The van der Waals surface area contributed by atoms with Gasteiger partial charge in [-0.05, 0) is 70.6 Å². The van der Waals surface area contributed by atoms with Crippen molar-refractivity contribution < 1.29 is 42.9 Å². The van der Waals surface area contributed by atoms with Crippen LogP contribution in [0.15, 0.2) is 85.1 Å². The summed E-state index contributed by atoms with van der Waals surface area (Å²) < 4.78 is 22.7. The minimum Gasteiger partial charge on any atom is -0.477 e. The number of esters is 2. The van der Waals surface area contributed by atoms with Crippen molar-refractivity contribution >= 4 is 17.9 Å². The Morgan fingerprint density at radius 2 is 0.891 bits per heavy atom. The molecule has 0 saturated heterocycles. The molecule has 9 nitrogen and oxygen atoms in total. The second-order valence-electron chi connectivity index (χ2n) is 17.8. The molecule has 1 N–H and O–H groups in total. The molecule has 0 rings (SSSR count). The van der Waals surface area contributed by atoms with Crippen molar-refractivity contribution in [2.45, 2.75) is 200 Å². The molecule has 0 aromatic heterocycles. The fourth-order valence-electron chi connectivity index (χ4n) is 6.52. The van der Waals surface area contributed by atoms with Crippen LogP contribution in [0.2, 0.25) is 0 Å². The number of carbonyl (C=O) groups is 3. The first-order valence-electron chi connectivity index (χ1n) is 25.3. The maximum Gasteiger partial charge on any atom is 0.361 e. The van der Waals surface area contributed by atoms with Gasteiger partial charge in [-0.15, -0.1) is 0 Å². The second-order valence-corrected chi connectivity index (χ2v) is 17.8. The first-order valence-corrected chi connectivity index (χ1v) is 25.3. The van der Waals surface area contributed by atoms with E-state index >= 15 is 0 Å². The zero-order chi connectivity index (χ0) is 47.0. The number of likely N-dealkylation sites (N-methyl/N-ethyl adjacent to an activating group) is 1. The molecule has 0 spiro atoms. The van der Waals surface area contributed by atoms with Gasteiger partial charge in [-0.3, -0.25) is 9.59 Å². The molecule has 0 bridgehead atoms. The molecule has 2 atom stereocenters. The number of hydrogen-bond acceptors (Lipinski definition) is 7. The highest BCUT2D eigenvalue weighted by molar-refractivity contribution is 5.71. The van der Waals surface area contributed by atoms with Crippen molar-refractivity contribution in [3.63, 3.8) is 0 Å². The van der Waals surface area contributed by atoms with E-state index in [1.807, 2.05) is 21.1 Å². The summed E-state index contributed by atoms with van der Waals surface area (Å²) in [4.78, 5) is 37.1. The van der Waals surface area contributed by atoms with Crippen molar-refractivity contribution in [1.82, 2.24) is 0 Å². The van der Waals surface area contributed by atoms with Crippen LogP contribution >= 0.6 is 0 Å². The summed E-state index contributed by atoms with van der Waals surface area (Å²) in [6.07, 6.45) is 56.5. The van der Waals surface area contributed by atoms with Gasteiger partial charge in [0, 0.05) is 12.8 Å². The maximum atomic E-state index is 12.8. The molecule has 64 heavy (non-hydrogen) atoms. The van der Waals surface area contributed by atoms with Crippen LogP contribution in [0.25, 0.3) is 0 Å². The monoisotopic (exact) mass is 897 g/mol. The topological polar surface area (TPSA) is 108 Å². The maximum absolute atomic E-state index is 12.8. The van der Waals surface area contributed by atoms with Crippen molar-refractivity contribution in [2.24, 2.45) is 0 Å². The number of rotatable bonds is 45. The first-order chi connectivity index (χ1) is 31.1. The highest BCUT2D eigenvalue weighted by Gasteiger charge is 2.25. The number of quaternary nitrogens is 1. The molecule has 366 valence electrons. The quantitative estimate of drug-likeness (QED) is 0.0212. The van der Waals surface area contributed by atoms with Crippen LogP contribution in [0.1, 0.15) is 187 Å². The summed E-state index contributed by atoms with van der Waals surface area (Å²) in [7, 11) is 5.95. The van der Waals surface area contributed by atoms with Gasteiger partial charge in [0.2, 0.25) is 0 Å². The van der Waals surface area contributed by atoms with Gasteiger partial charge < -0.3 is 28.5 Å². The molecule has 0 aliphatic heterocycles. The van der Waals surface area contributed by atoms with Gasteiger partial charge in [-0.1, -0.05) is 189 Å². The highest BCUT2D eigenvalue weighted by Crippen LogP contribution is 2.14. The third kappa shape index (κ3) is 46.5. The predicted molar refractivity (Wildman–Crippen MR) is 267 cm³/mol. The van der Waals surface area contributed by atoms with E-state index in [-0.39, 0.29) is 32.2 Å². The minimum absolute atomic E-state index is 0.182. The van der Waals surface area contributed by atoms with E-state index in [0.29, 0.717) is 23.9 Å². The van der Waals surface area contributed by atoms with Crippen LogP contribution in [0.3, 0.4) is 0 Å². The molecule has 2 unspecified atom stereocenters. The van der Waals surface area contributed by atoms with Gasteiger partial charge in [0.15, 0.2) is 6.10 Å². The summed E-state index contributed by atoms with van der Waals surface area (Å²) >= 11 is 0. The minimum atomic E-state index is -1.51. The van der Waals surface area contributed by atoms with Crippen LogP contribution in [-0.4, -0.2) is 87.4 Å². The Kier molecular flexibility index (Phi) is 43.5. The number of carbonyl (C=O) groups excluding carboxylic acids is 2. The number of carboxylic acid groups (broad SMARTS) is 1. The molecule has 0 aromatic carbocycles. The average molecular weight is 897 g/mol. The molecule has 0 saturated carbocycles.